The molecule has 4 aromatic rings. The highest BCUT2D eigenvalue weighted by atomic mass is 16.5. The quantitative estimate of drug-likeness (QED) is 0.0999. The Morgan fingerprint density at radius 1 is 0.700 bits per heavy atom. The number of nitrogens with one attached hydrogen (secondary N) is 2. The Bertz CT molecular complexity index is 2570. The molecule has 0 aliphatic carbocycles. The number of hydrogen-bond acceptors (Lipinski definition) is 16. The van der Waals surface area contributed by atoms with Crippen LogP contribution in [0.15, 0.2) is 85.1 Å². The van der Waals surface area contributed by atoms with Crippen molar-refractivity contribution in [3.63, 3.8) is 0 Å². The van der Waals surface area contributed by atoms with Gasteiger partial charge in [-0.05, 0) is 66.9 Å². The number of rotatable bonds is 15. The molecule has 4 saturated heterocycles. The van der Waals surface area contributed by atoms with Gasteiger partial charge in [0.25, 0.3) is 11.8 Å². The number of benzene rings is 3. The maximum atomic E-state index is 13.2. The van der Waals surface area contributed by atoms with E-state index in [-0.39, 0.29) is 24.0 Å². The summed E-state index contributed by atoms with van der Waals surface area (Å²) in [4.78, 5) is 70.4. The molecule has 18 heteroatoms. The predicted molar refractivity (Wildman–Crippen MR) is 259 cm³/mol. The van der Waals surface area contributed by atoms with Gasteiger partial charge < -0.3 is 29.0 Å². The molecule has 70 heavy (non-hydrogen) atoms. The summed E-state index contributed by atoms with van der Waals surface area (Å²) in [5, 5.41) is 5.60. The number of piperazine rings is 2. The molecule has 10 rings (SSSR count). The van der Waals surface area contributed by atoms with Crippen molar-refractivity contribution >= 4 is 35.3 Å². The summed E-state index contributed by atoms with van der Waals surface area (Å²) in [5.41, 5.74) is 5.19. The predicted octanol–water partition coefficient (Wildman–Crippen LogP) is 3.74. The van der Waals surface area contributed by atoms with Gasteiger partial charge in [0.15, 0.2) is 0 Å². The third-order valence-corrected chi connectivity index (χ3v) is 14.0. The molecule has 18 nitrogen and oxygen atoms in total. The van der Waals surface area contributed by atoms with Crippen LogP contribution in [0.4, 0.5) is 11.6 Å². The van der Waals surface area contributed by atoms with Crippen molar-refractivity contribution in [2.75, 3.05) is 110 Å². The van der Waals surface area contributed by atoms with Gasteiger partial charge in [0.1, 0.15) is 30.8 Å². The minimum absolute atomic E-state index is 0.0814. The number of aromatic nitrogens is 2. The van der Waals surface area contributed by atoms with Crippen LogP contribution in [0.5, 0.6) is 11.5 Å². The average molecular weight is 956 g/mol. The van der Waals surface area contributed by atoms with E-state index in [2.05, 4.69) is 47.3 Å². The topological polar surface area (TPSA) is 180 Å². The van der Waals surface area contributed by atoms with E-state index in [0.29, 0.717) is 63.4 Å². The fourth-order valence-electron chi connectivity index (χ4n) is 10.3. The van der Waals surface area contributed by atoms with E-state index >= 15 is 0 Å². The first-order valence-electron chi connectivity index (χ1n) is 24.6. The zero-order valence-corrected chi connectivity index (χ0v) is 39.5. The standard InChI is InChI=1S/C52H61N9O9/c62-48-11-9-46(49(63)56-48)61-50(64)43-8-7-42(31-44(43)51(61)65)69-27-21-60-33-40-30-41(60)32-59(40)20-25-66-24-18-57-14-16-58(17-15-57)19-26-70-47-10-6-39-29-38(47)35-68-23-2-1-22-67-34-36-4-3-5-37(28-36)45-12-13-53-52(54-39)55-45/h1-8,10,12-13,28-29,31,40-41,46H,9,11,14-27,30,32-35H2,(H,53,54,55)(H,56,62,63)/b2-1+/t40-,41-,46?/m0/s1. The molecule has 0 radical (unpaired) electrons. The van der Waals surface area contributed by atoms with Crippen molar-refractivity contribution in [2.45, 2.75) is 50.6 Å². The number of carbonyl (C=O) groups excluding carboxylic acids is 4. The molecule has 0 saturated carbocycles. The molecule has 1 unspecified atom stereocenters. The zero-order valence-electron chi connectivity index (χ0n) is 39.5. The molecule has 0 spiro atoms. The Hall–Kier alpha value is -6.12. The summed E-state index contributed by atoms with van der Waals surface area (Å²) in [6.07, 6.45) is 7.08. The van der Waals surface area contributed by atoms with E-state index in [4.69, 9.17) is 28.7 Å². The molecule has 1 aromatic heterocycles. The van der Waals surface area contributed by atoms with E-state index in [1.165, 1.54) is 0 Å². The van der Waals surface area contributed by atoms with E-state index in [0.717, 1.165) is 124 Å². The largest absolute Gasteiger partial charge is 0.492 e. The second-order valence-corrected chi connectivity index (χ2v) is 18.6. The van der Waals surface area contributed by atoms with Crippen molar-refractivity contribution in [2.24, 2.45) is 0 Å². The summed E-state index contributed by atoms with van der Waals surface area (Å²) in [5.74, 6) is -0.260. The summed E-state index contributed by atoms with van der Waals surface area (Å²) < 4.78 is 30.5. The van der Waals surface area contributed by atoms with Crippen LogP contribution in [0.25, 0.3) is 11.3 Å². The number of likely N-dealkylation sites (tertiary alicyclic amines) is 2. The third-order valence-electron chi connectivity index (χ3n) is 14.0. The van der Waals surface area contributed by atoms with Crippen molar-refractivity contribution in [3.8, 4) is 22.8 Å². The van der Waals surface area contributed by atoms with E-state index in [1.807, 2.05) is 48.6 Å². The van der Waals surface area contributed by atoms with E-state index in [1.54, 1.807) is 24.4 Å². The van der Waals surface area contributed by atoms with Crippen LogP contribution in [0.1, 0.15) is 51.1 Å². The number of piperidine rings is 1. The van der Waals surface area contributed by atoms with Crippen molar-refractivity contribution in [1.29, 1.82) is 0 Å². The number of carbonyl (C=O) groups is 4. The van der Waals surface area contributed by atoms with Gasteiger partial charge in [0.2, 0.25) is 17.8 Å². The number of amides is 4. The molecule has 6 aliphatic rings. The van der Waals surface area contributed by atoms with Gasteiger partial charge in [-0.15, -0.1) is 0 Å². The van der Waals surface area contributed by atoms with Crippen molar-refractivity contribution in [1.82, 2.24) is 39.8 Å². The highest BCUT2D eigenvalue weighted by molar-refractivity contribution is 6.23. The minimum atomic E-state index is -0.991. The lowest BCUT2D eigenvalue weighted by Crippen LogP contribution is -2.54. The van der Waals surface area contributed by atoms with Crippen LogP contribution in [0.3, 0.4) is 0 Å². The third kappa shape index (κ3) is 11.4. The summed E-state index contributed by atoms with van der Waals surface area (Å²) in [6.45, 7) is 13.7. The van der Waals surface area contributed by atoms with Gasteiger partial charge in [0, 0.05) is 107 Å². The first-order chi connectivity index (χ1) is 34.3. The molecular formula is C52H61N9O9. The van der Waals surface area contributed by atoms with Crippen molar-refractivity contribution < 1.29 is 42.9 Å². The van der Waals surface area contributed by atoms with E-state index < -0.39 is 29.7 Å². The molecule has 8 bridgehead atoms. The molecule has 3 aromatic carbocycles. The van der Waals surface area contributed by atoms with Gasteiger partial charge >= 0.3 is 0 Å². The second kappa shape index (κ2) is 22.3. The molecule has 2 N–H and O–H groups in total. The van der Waals surface area contributed by atoms with Gasteiger partial charge in [-0.25, -0.2) is 9.97 Å². The van der Waals surface area contributed by atoms with Gasteiger partial charge in [-0.3, -0.25) is 49.0 Å². The summed E-state index contributed by atoms with van der Waals surface area (Å²) >= 11 is 0. The number of fused-ring (bicyclic) bond motifs is 10. The van der Waals surface area contributed by atoms with Crippen molar-refractivity contribution in [3.05, 3.63) is 107 Å². The fourth-order valence-corrected chi connectivity index (χ4v) is 10.3. The van der Waals surface area contributed by atoms with Crippen LogP contribution in [0, 0.1) is 0 Å². The smallest absolute Gasteiger partial charge is 0.262 e. The Balaban J connectivity index is 0.603. The normalized spacial score (nSPS) is 22.9. The molecule has 368 valence electrons. The first-order valence-corrected chi connectivity index (χ1v) is 24.6. The summed E-state index contributed by atoms with van der Waals surface area (Å²) in [7, 11) is 0. The lowest BCUT2D eigenvalue weighted by Gasteiger charge is -2.35. The van der Waals surface area contributed by atoms with Crippen LogP contribution >= 0.6 is 0 Å². The van der Waals surface area contributed by atoms with Gasteiger partial charge in [0.05, 0.1) is 56.5 Å². The first kappa shape index (κ1) is 47.6. The highest BCUT2D eigenvalue weighted by Crippen LogP contribution is 2.33. The average Bonchev–Trinajstić information content (AvgIpc) is 4.03. The molecule has 6 aliphatic heterocycles. The van der Waals surface area contributed by atoms with Crippen LogP contribution in [-0.2, 0) is 37.0 Å². The Morgan fingerprint density at radius 2 is 1.43 bits per heavy atom. The minimum Gasteiger partial charge on any atom is -0.492 e. The Kier molecular flexibility index (Phi) is 15.2. The van der Waals surface area contributed by atoms with Crippen LogP contribution in [0.2, 0.25) is 0 Å². The Labute approximate surface area is 407 Å². The molecular weight excluding hydrogens is 895 g/mol. The molecule has 4 amide bonds. The maximum Gasteiger partial charge on any atom is 0.262 e. The molecule has 3 atom stereocenters. The SMILES string of the molecule is O=C1CCC(N2C(=O)c3ccc(OCCN4C[C@@H]5C[C@H]4CN5CCOCCN4CCN(CCOc5ccc6cc5COC/C=C/COCc5cccc(c5)-c5ccnc(n5)N6)CC4)cc3C2=O)C(=O)N1. The summed E-state index contributed by atoms with van der Waals surface area (Å²) in [6, 6.07) is 21.0. The van der Waals surface area contributed by atoms with Crippen LogP contribution < -0.4 is 20.1 Å². The maximum absolute atomic E-state index is 13.2. The number of hydrogen-bond donors (Lipinski definition) is 2. The lowest BCUT2D eigenvalue weighted by atomic mass is 10.0. The number of ether oxygens (including phenoxy) is 5. The zero-order chi connectivity index (χ0) is 47.8. The molecule has 7 heterocycles. The second-order valence-electron chi connectivity index (χ2n) is 18.6. The molecule has 4 fully saturated rings. The lowest BCUT2D eigenvalue weighted by molar-refractivity contribution is -0.136. The number of imide groups is 2. The highest BCUT2D eigenvalue weighted by Gasteiger charge is 2.45. The number of anilines is 2. The van der Waals surface area contributed by atoms with E-state index in [9.17, 15) is 19.2 Å². The number of nitrogens with zero attached hydrogens (tertiary/aromatic N) is 7. The van der Waals surface area contributed by atoms with Gasteiger partial charge in [-0.2, -0.15) is 0 Å². The monoisotopic (exact) mass is 955 g/mol. The van der Waals surface area contributed by atoms with Crippen LogP contribution in [-0.4, -0.2) is 181 Å². The van der Waals surface area contributed by atoms with Gasteiger partial charge in [-0.1, -0.05) is 30.4 Å². The Morgan fingerprint density at radius 3 is 2.21 bits per heavy atom. The fraction of sp³-hybridized carbons (Fsp3) is 0.462.